The van der Waals surface area contributed by atoms with Crippen molar-refractivity contribution >= 4 is 17.8 Å². The maximum absolute atomic E-state index is 14.3. The van der Waals surface area contributed by atoms with Gasteiger partial charge in [-0.2, -0.15) is 0 Å². The molecule has 4 saturated heterocycles. The van der Waals surface area contributed by atoms with E-state index >= 15 is 0 Å². The summed E-state index contributed by atoms with van der Waals surface area (Å²) < 4.78 is 17.5. The highest BCUT2D eigenvalue weighted by molar-refractivity contribution is 5.98. The standard InChI is InChI=1S/C27H41N3O7/c1-5-7-15-36-25(34)21-20-23(32)30(19(3)18-31)22(27(20)9-8-26(21,4)37-27)24(33)29(10-6-2)12-11-28-13-16-35-17-14-28/h5-6,19-22,31H,1-2,7-18H2,3-4H3/t19-,20+,21+,22?,26-,27?/m1/s1. The summed E-state index contributed by atoms with van der Waals surface area (Å²) in [4.78, 5) is 46.9. The molecule has 4 fully saturated rings. The molecule has 0 saturated carbocycles. The second kappa shape index (κ2) is 11.2. The van der Waals surface area contributed by atoms with Crippen LogP contribution in [0.1, 0.15) is 33.1 Å². The SMILES string of the molecule is C=CCCOC(=O)[C@@H]1[C@H]2C(=O)N([C@H](C)CO)C(C(=O)N(CC=C)CCN3CCOCC3)C23CC[C@@]1(C)O3. The van der Waals surface area contributed by atoms with Gasteiger partial charge in [-0.05, 0) is 33.1 Å². The van der Waals surface area contributed by atoms with Crippen LogP contribution in [0.15, 0.2) is 25.3 Å². The van der Waals surface area contributed by atoms with Crippen molar-refractivity contribution in [3.8, 4) is 0 Å². The molecule has 37 heavy (non-hydrogen) atoms. The lowest BCUT2D eigenvalue weighted by Crippen LogP contribution is -2.59. The van der Waals surface area contributed by atoms with Crippen molar-refractivity contribution in [3.05, 3.63) is 25.3 Å². The highest BCUT2D eigenvalue weighted by Crippen LogP contribution is 2.63. The van der Waals surface area contributed by atoms with Gasteiger partial charge in [-0.3, -0.25) is 19.3 Å². The number of carbonyl (C=O) groups is 3. The first kappa shape index (κ1) is 27.8. The van der Waals surface area contributed by atoms with E-state index in [0.29, 0.717) is 52.1 Å². The van der Waals surface area contributed by atoms with E-state index in [1.54, 1.807) is 24.0 Å². The summed E-state index contributed by atoms with van der Waals surface area (Å²) in [5.74, 6) is -2.71. The van der Waals surface area contributed by atoms with E-state index in [4.69, 9.17) is 14.2 Å². The van der Waals surface area contributed by atoms with Gasteiger partial charge in [0.2, 0.25) is 11.8 Å². The molecular weight excluding hydrogens is 478 g/mol. The zero-order valence-corrected chi connectivity index (χ0v) is 22.1. The Labute approximate surface area is 219 Å². The zero-order valence-electron chi connectivity index (χ0n) is 22.1. The summed E-state index contributed by atoms with van der Waals surface area (Å²) in [6.45, 7) is 15.3. The second-order valence-electron chi connectivity index (χ2n) is 10.8. The minimum Gasteiger partial charge on any atom is -0.465 e. The topological polar surface area (TPSA) is 109 Å². The van der Waals surface area contributed by atoms with Crippen LogP contribution in [0.25, 0.3) is 0 Å². The molecule has 4 aliphatic heterocycles. The molecule has 0 radical (unpaired) electrons. The van der Waals surface area contributed by atoms with Crippen LogP contribution in [0, 0.1) is 11.8 Å². The van der Waals surface area contributed by atoms with Gasteiger partial charge in [0.1, 0.15) is 17.6 Å². The number of carbonyl (C=O) groups excluding carboxylic acids is 3. The van der Waals surface area contributed by atoms with Crippen LogP contribution < -0.4 is 0 Å². The average Bonchev–Trinajstić information content (AvgIpc) is 3.47. The Kier molecular flexibility index (Phi) is 8.42. The van der Waals surface area contributed by atoms with Gasteiger partial charge in [0.05, 0.1) is 44.0 Å². The van der Waals surface area contributed by atoms with Crippen molar-refractivity contribution < 1.29 is 33.7 Å². The van der Waals surface area contributed by atoms with Crippen LogP contribution in [-0.2, 0) is 28.6 Å². The fraction of sp³-hybridized carbons (Fsp3) is 0.741. The number of fused-ring (bicyclic) bond motifs is 1. The molecule has 0 aromatic heterocycles. The van der Waals surface area contributed by atoms with Crippen LogP contribution >= 0.6 is 0 Å². The number of ether oxygens (including phenoxy) is 3. The van der Waals surface area contributed by atoms with Crippen LogP contribution in [0.5, 0.6) is 0 Å². The predicted octanol–water partition coefficient (Wildman–Crippen LogP) is 0.598. The summed E-state index contributed by atoms with van der Waals surface area (Å²) >= 11 is 0. The lowest BCUT2D eigenvalue weighted by atomic mass is 9.66. The summed E-state index contributed by atoms with van der Waals surface area (Å²) in [7, 11) is 0. The minimum absolute atomic E-state index is 0.177. The number of esters is 1. The molecule has 0 aliphatic carbocycles. The van der Waals surface area contributed by atoms with Gasteiger partial charge in [-0.15, -0.1) is 13.2 Å². The number of amides is 2. The lowest BCUT2D eigenvalue weighted by molar-refractivity contribution is -0.161. The van der Waals surface area contributed by atoms with Crippen LogP contribution in [0.3, 0.4) is 0 Å². The fourth-order valence-electron chi connectivity index (χ4n) is 6.60. The fourth-order valence-corrected chi connectivity index (χ4v) is 6.60. The molecule has 206 valence electrons. The monoisotopic (exact) mass is 519 g/mol. The third-order valence-electron chi connectivity index (χ3n) is 8.46. The first-order valence-corrected chi connectivity index (χ1v) is 13.3. The number of aliphatic hydroxyl groups is 1. The Balaban J connectivity index is 1.64. The van der Waals surface area contributed by atoms with Crippen LogP contribution in [0.2, 0.25) is 0 Å². The third kappa shape index (κ3) is 4.84. The number of hydrogen-bond donors (Lipinski definition) is 1. The van der Waals surface area contributed by atoms with E-state index in [9.17, 15) is 19.5 Å². The first-order chi connectivity index (χ1) is 17.7. The molecule has 2 bridgehead atoms. The van der Waals surface area contributed by atoms with E-state index in [1.807, 2.05) is 6.92 Å². The van der Waals surface area contributed by atoms with Gasteiger partial charge < -0.3 is 29.1 Å². The largest absolute Gasteiger partial charge is 0.465 e. The molecule has 10 nitrogen and oxygen atoms in total. The number of hydrogen-bond acceptors (Lipinski definition) is 8. The lowest BCUT2D eigenvalue weighted by Gasteiger charge is -2.39. The van der Waals surface area contributed by atoms with Crippen molar-refractivity contribution in [1.29, 1.82) is 0 Å². The van der Waals surface area contributed by atoms with Gasteiger partial charge in [0, 0.05) is 32.7 Å². The Morgan fingerprint density at radius 1 is 1.27 bits per heavy atom. The van der Waals surface area contributed by atoms with Crippen molar-refractivity contribution in [3.63, 3.8) is 0 Å². The predicted molar refractivity (Wildman–Crippen MR) is 135 cm³/mol. The molecule has 2 amide bonds. The molecule has 10 heteroatoms. The molecular formula is C27H41N3O7. The Hall–Kier alpha value is -2.27. The summed E-state index contributed by atoms with van der Waals surface area (Å²) in [5.41, 5.74) is -2.04. The van der Waals surface area contributed by atoms with Gasteiger partial charge in [-0.25, -0.2) is 0 Å². The van der Waals surface area contributed by atoms with Crippen molar-refractivity contribution in [1.82, 2.24) is 14.7 Å². The Morgan fingerprint density at radius 3 is 2.65 bits per heavy atom. The van der Waals surface area contributed by atoms with E-state index in [2.05, 4.69) is 18.1 Å². The first-order valence-electron chi connectivity index (χ1n) is 13.3. The van der Waals surface area contributed by atoms with Crippen LogP contribution in [0.4, 0.5) is 0 Å². The van der Waals surface area contributed by atoms with Gasteiger partial charge in [0.25, 0.3) is 0 Å². The summed E-state index contributed by atoms with van der Waals surface area (Å²) in [6, 6.07) is -1.55. The van der Waals surface area contributed by atoms with Gasteiger partial charge >= 0.3 is 5.97 Å². The number of rotatable bonds is 12. The zero-order chi connectivity index (χ0) is 26.8. The van der Waals surface area contributed by atoms with Crippen molar-refractivity contribution in [2.45, 2.75) is 56.4 Å². The Morgan fingerprint density at radius 2 is 2.00 bits per heavy atom. The van der Waals surface area contributed by atoms with Crippen molar-refractivity contribution in [2.75, 3.05) is 59.2 Å². The number of likely N-dealkylation sites (tertiary alicyclic amines) is 1. The highest BCUT2D eigenvalue weighted by Gasteiger charge is 2.78. The molecule has 6 atom stereocenters. The maximum atomic E-state index is 14.3. The summed E-state index contributed by atoms with van der Waals surface area (Å²) in [5, 5.41) is 10.0. The highest BCUT2D eigenvalue weighted by atomic mass is 16.6. The Bertz CT molecular complexity index is 906. The quantitative estimate of drug-likeness (QED) is 0.227. The smallest absolute Gasteiger partial charge is 0.312 e. The molecule has 4 aliphatic rings. The van der Waals surface area contributed by atoms with Crippen molar-refractivity contribution in [2.24, 2.45) is 11.8 Å². The van der Waals surface area contributed by atoms with Gasteiger partial charge in [0.15, 0.2) is 0 Å². The molecule has 2 unspecified atom stereocenters. The molecule has 0 aromatic rings. The van der Waals surface area contributed by atoms with E-state index < -0.39 is 41.1 Å². The van der Waals surface area contributed by atoms with E-state index in [-0.39, 0.29) is 25.0 Å². The molecule has 1 spiro atoms. The molecule has 0 aromatic carbocycles. The molecule has 4 heterocycles. The van der Waals surface area contributed by atoms with Crippen LogP contribution in [-0.4, -0.2) is 120 Å². The molecule has 1 N–H and O–H groups in total. The number of morpholine rings is 1. The number of aliphatic hydroxyl groups excluding tert-OH is 1. The van der Waals surface area contributed by atoms with Gasteiger partial charge in [-0.1, -0.05) is 12.2 Å². The third-order valence-corrected chi connectivity index (χ3v) is 8.46. The normalized spacial score (nSPS) is 33.8. The van der Waals surface area contributed by atoms with E-state index in [1.165, 1.54) is 4.90 Å². The van der Waals surface area contributed by atoms with E-state index in [0.717, 1.165) is 13.1 Å². The number of nitrogens with zero attached hydrogens (tertiary/aromatic N) is 3. The summed E-state index contributed by atoms with van der Waals surface area (Å²) in [6.07, 6.45) is 4.87. The maximum Gasteiger partial charge on any atom is 0.312 e. The minimum atomic E-state index is -1.15. The molecule has 4 rings (SSSR count). The second-order valence-corrected chi connectivity index (χ2v) is 10.8. The average molecular weight is 520 g/mol.